The van der Waals surface area contributed by atoms with Gasteiger partial charge in [-0.15, -0.1) is 0 Å². The lowest BCUT2D eigenvalue weighted by atomic mass is 10.0. The Hall–Kier alpha value is -2.60. The van der Waals surface area contributed by atoms with E-state index in [0.29, 0.717) is 26.2 Å². The second kappa shape index (κ2) is 7.56. The van der Waals surface area contributed by atoms with E-state index in [1.165, 1.54) is 12.1 Å². The Balaban J connectivity index is 1.50. The lowest BCUT2D eigenvalue weighted by molar-refractivity contribution is -0.127. The number of carbonyl (C=O) groups is 1. The molecule has 27 heavy (non-hydrogen) atoms. The second-order valence-electron chi connectivity index (χ2n) is 7.25. The number of amides is 1. The van der Waals surface area contributed by atoms with Crippen molar-refractivity contribution in [3.8, 4) is 5.75 Å². The molecule has 0 bridgehead atoms. The maximum atomic E-state index is 13.3. The maximum Gasteiger partial charge on any atom is 0.242 e. The average Bonchev–Trinajstić information content (AvgIpc) is 3.49. The van der Waals surface area contributed by atoms with Crippen LogP contribution in [0.3, 0.4) is 0 Å². The minimum atomic E-state index is -0.419. The fourth-order valence-electron chi connectivity index (χ4n) is 3.63. The first-order chi connectivity index (χ1) is 13.1. The molecule has 5 nitrogen and oxygen atoms in total. The van der Waals surface area contributed by atoms with Gasteiger partial charge in [-0.25, -0.2) is 4.39 Å². The first-order valence-corrected chi connectivity index (χ1v) is 9.44. The van der Waals surface area contributed by atoms with Crippen LogP contribution in [0.25, 0.3) is 0 Å². The smallest absolute Gasteiger partial charge is 0.242 e. The van der Waals surface area contributed by atoms with Crippen LogP contribution < -0.4 is 10.2 Å². The van der Waals surface area contributed by atoms with Gasteiger partial charge in [-0.3, -0.25) is 9.69 Å². The van der Waals surface area contributed by atoms with Gasteiger partial charge in [0.05, 0.1) is 5.69 Å². The Bertz CT molecular complexity index is 799. The minimum Gasteiger partial charge on any atom is -0.506 e. The van der Waals surface area contributed by atoms with Crippen LogP contribution in [0.1, 0.15) is 24.4 Å². The number of hydrogen-bond donors (Lipinski definition) is 2. The van der Waals surface area contributed by atoms with Crippen molar-refractivity contribution in [3.05, 3.63) is 59.9 Å². The molecule has 1 aliphatic carbocycles. The fraction of sp³-hybridized carbons (Fsp3) is 0.381. The number of para-hydroxylation sites is 2. The maximum absolute atomic E-state index is 13.3. The summed E-state index contributed by atoms with van der Waals surface area (Å²) >= 11 is 0. The zero-order chi connectivity index (χ0) is 18.8. The van der Waals surface area contributed by atoms with Crippen molar-refractivity contribution in [2.24, 2.45) is 0 Å². The summed E-state index contributed by atoms with van der Waals surface area (Å²) in [6.07, 6.45) is 2.06. The van der Waals surface area contributed by atoms with Crippen LogP contribution in [-0.2, 0) is 4.79 Å². The third-order valence-electron chi connectivity index (χ3n) is 5.26. The zero-order valence-electron chi connectivity index (χ0n) is 15.1. The van der Waals surface area contributed by atoms with Crippen molar-refractivity contribution in [1.82, 2.24) is 10.2 Å². The van der Waals surface area contributed by atoms with Gasteiger partial charge >= 0.3 is 0 Å². The van der Waals surface area contributed by atoms with Gasteiger partial charge in [0.2, 0.25) is 5.91 Å². The first kappa shape index (κ1) is 17.8. The molecule has 2 aromatic carbocycles. The Morgan fingerprint density at radius 1 is 1.04 bits per heavy atom. The highest BCUT2D eigenvalue weighted by molar-refractivity contribution is 5.83. The molecule has 6 heteroatoms. The number of hydrogen-bond acceptors (Lipinski definition) is 4. The Labute approximate surface area is 158 Å². The van der Waals surface area contributed by atoms with Crippen molar-refractivity contribution in [3.63, 3.8) is 0 Å². The molecular weight excluding hydrogens is 345 g/mol. The number of benzene rings is 2. The number of phenols is 1. The summed E-state index contributed by atoms with van der Waals surface area (Å²) in [6.45, 7) is 2.81. The molecule has 1 saturated carbocycles. The van der Waals surface area contributed by atoms with Gasteiger partial charge in [-0.1, -0.05) is 24.3 Å². The highest BCUT2D eigenvalue weighted by atomic mass is 19.1. The van der Waals surface area contributed by atoms with E-state index in [1.807, 2.05) is 18.2 Å². The van der Waals surface area contributed by atoms with Crippen molar-refractivity contribution >= 4 is 11.6 Å². The molecule has 2 aromatic rings. The molecule has 1 aliphatic heterocycles. The summed E-state index contributed by atoms with van der Waals surface area (Å²) in [5.41, 5.74) is 1.63. The number of aromatic hydroxyl groups is 1. The standard InChI is InChI=1S/C21H24FN3O2/c22-16-7-5-15(6-8-16)20(21(27)23-17-9-10-17)25-13-11-24(12-14-25)18-3-1-2-4-19(18)26/h1-8,17,20,26H,9-14H2,(H,23,27)/t20-/m1/s1. The Morgan fingerprint density at radius 3 is 2.33 bits per heavy atom. The van der Waals surface area contributed by atoms with Gasteiger partial charge in [-0.2, -0.15) is 0 Å². The number of carbonyl (C=O) groups excluding carboxylic acids is 1. The van der Waals surface area contributed by atoms with Crippen molar-refractivity contribution < 1.29 is 14.3 Å². The van der Waals surface area contributed by atoms with Crippen LogP contribution in [-0.4, -0.2) is 48.1 Å². The molecule has 1 saturated heterocycles. The van der Waals surface area contributed by atoms with Gasteiger partial charge in [-0.05, 0) is 42.7 Å². The molecular formula is C21H24FN3O2. The molecule has 1 heterocycles. The largest absolute Gasteiger partial charge is 0.506 e. The SMILES string of the molecule is O=C(NC1CC1)[C@@H](c1ccc(F)cc1)N1CCN(c2ccccc2O)CC1. The lowest BCUT2D eigenvalue weighted by Crippen LogP contribution is -2.51. The second-order valence-corrected chi connectivity index (χ2v) is 7.25. The van der Waals surface area contributed by atoms with Gasteiger partial charge in [0.1, 0.15) is 17.6 Å². The van der Waals surface area contributed by atoms with Crippen LogP contribution >= 0.6 is 0 Å². The van der Waals surface area contributed by atoms with Crippen molar-refractivity contribution in [2.45, 2.75) is 24.9 Å². The highest BCUT2D eigenvalue weighted by Gasteiger charge is 2.34. The predicted molar refractivity (Wildman–Crippen MR) is 102 cm³/mol. The van der Waals surface area contributed by atoms with E-state index >= 15 is 0 Å². The van der Waals surface area contributed by atoms with E-state index in [-0.39, 0.29) is 23.5 Å². The number of nitrogens with one attached hydrogen (secondary N) is 1. The number of anilines is 1. The van der Waals surface area contributed by atoms with E-state index in [4.69, 9.17) is 0 Å². The molecule has 2 aliphatic rings. The summed E-state index contributed by atoms with van der Waals surface area (Å²) < 4.78 is 13.3. The fourth-order valence-corrected chi connectivity index (χ4v) is 3.63. The number of nitrogens with zero attached hydrogens (tertiary/aromatic N) is 2. The minimum absolute atomic E-state index is 0.0138. The molecule has 142 valence electrons. The normalized spacial score (nSPS) is 18.9. The number of phenolic OH excluding ortho intramolecular Hbond substituents is 1. The van der Waals surface area contributed by atoms with Crippen LogP contribution in [0.2, 0.25) is 0 Å². The molecule has 1 atom stereocenters. The van der Waals surface area contributed by atoms with E-state index in [9.17, 15) is 14.3 Å². The van der Waals surface area contributed by atoms with Crippen LogP contribution in [0.4, 0.5) is 10.1 Å². The predicted octanol–water partition coefficient (Wildman–Crippen LogP) is 2.67. The first-order valence-electron chi connectivity index (χ1n) is 9.44. The Kier molecular flexibility index (Phi) is 4.99. The molecule has 4 rings (SSSR count). The van der Waals surface area contributed by atoms with E-state index in [0.717, 1.165) is 24.1 Å². The number of rotatable bonds is 5. The lowest BCUT2D eigenvalue weighted by Gasteiger charge is -2.40. The summed E-state index contributed by atoms with van der Waals surface area (Å²) in [5.74, 6) is -0.0444. The van der Waals surface area contributed by atoms with E-state index in [1.54, 1.807) is 18.2 Å². The summed E-state index contributed by atoms with van der Waals surface area (Å²) in [5, 5.41) is 13.2. The summed E-state index contributed by atoms with van der Waals surface area (Å²) in [6, 6.07) is 13.4. The number of piperazine rings is 1. The molecule has 1 amide bonds. The molecule has 2 N–H and O–H groups in total. The third-order valence-corrected chi connectivity index (χ3v) is 5.26. The summed E-state index contributed by atoms with van der Waals surface area (Å²) in [7, 11) is 0. The van der Waals surface area contributed by atoms with Crippen molar-refractivity contribution in [1.29, 1.82) is 0 Å². The monoisotopic (exact) mass is 369 g/mol. The molecule has 0 spiro atoms. The van der Waals surface area contributed by atoms with Gasteiger partial charge in [0.15, 0.2) is 0 Å². The molecule has 0 radical (unpaired) electrons. The van der Waals surface area contributed by atoms with Crippen LogP contribution in [0.5, 0.6) is 5.75 Å². The average molecular weight is 369 g/mol. The molecule has 0 unspecified atom stereocenters. The topological polar surface area (TPSA) is 55.8 Å². The third kappa shape index (κ3) is 4.06. The number of halogens is 1. The molecule has 2 fully saturated rings. The summed E-state index contributed by atoms with van der Waals surface area (Å²) in [4.78, 5) is 17.2. The van der Waals surface area contributed by atoms with Crippen LogP contribution in [0.15, 0.2) is 48.5 Å². The highest BCUT2D eigenvalue weighted by Crippen LogP contribution is 2.30. The van der Waals surface area contributed by atoms with Gasteiger partial charge in [0.25, 0.3) is 0 Å². The Morgan fingerprint density at radius 2 is 1.70 bits per heavy atom. The van der Waals surface area contributed by atoms with Gasteiger partial charge < -0.3 is 15.3 Å². The van der Waals surface area contributed by atoms with E-state index in [2.05, 4.69) is 15.1 Å². The van der Waals surface area contributed by atoms with Crippen molar-refractivity contribution in [2.75, 3.05) is 31.1 Å². The zero-order valence-corrected chi connectivity index (χ0v) is 15.1. The quantitative estimate of drug-likeness (QED) is 0.851. The van der Waals surface area contributed by atoms with E-state index < -0.39 is 6.04 Å². The molecule has 0 aromatic heterocycles. The van der Waals surface area contributed by atoms with Crippen LogP contribution in [0, 0.1) is 5.82 Å². The van der Waals surface area contributed by atoms with Gasteiger partial charge in [0, 0.05) is 32.2 Å².